The summed E-state index contributed by atoms with van der Waals surface area (Å²) in [5.41, 5.74) is 14.9. The Morgan fingerprint density at radius 2 is 0.983 bits per heavy atom. The van der Waals surface area contributed by atoms with Gasteiger partial charge >= 0.3 is 0 Å². The first-order valence-electron chi connectivity index (χ1n) is 19.9. The molecule has 0 bridgehead atoms. The quantitative estimate of drug-likeness (QED) is 0.168. The van der Waals surface area contributed by atoms with E-state index in [4.69, 9.17) is 19.4 Å². The minimum Gasteiger partial charge on any atom is -0.456 e. The number of para-hydroxylation sites is 4. The van der Waals surface area contributed by atoms with Crippen molar-refractivity contribution >= 4 is 82.2 Å². The van der Waals surface area contributed by atoms with Crippen LogP contribution in [-0.2, 0) is 0 Å². The monoisotopic (exact) mass is 753 g/mol. The number of aromatic nitrogens is 5. The Bertz CT molecular complexity index is 3840. The fourth-order valence-electron chi connectivity index (χ4n) is 9.20. The number of hydrogen-bond acceptors (Lipinski definition) is 4. The lowest BCUT2D eigenvalue weighted by Crippen LogP contribution is -2.01. The van der Waals surface area contributed by atoms with E-state index in [9.17, 15) is 0 Å². The average molecular weight is 754 g/mol. The lowest BCUT2D eigenvalue weighted by molar-refractivity contribution is 0.669. The lowest BCUT2D eigenvalue weighted by atomic mass is 10.00. The predicted octanol–water partition coefficient (Wildman–Crippen LogP) is 13.6. The molecule has 5 heterocycles. The summed E-state index contributed by atoms with van der Waals surface area (Å²) < 4.78 is 11.1. The van der Waals surface area contributed by atoms with Crippen molar-refractivity contribution in [3.05, 3.63) is 188 Å². The summed E-state index contributed by atoms with van der Waals surface area (Å²) in [6.07, 6.45) is 0. The van der Waals surface area contributed by atoms with Crippen molar-refractivity contribution in [2.45, 2.75) is 0 Å². The van der Waals surface area contributed by atoms with Gasteiger partial charge in [0.15, 0.2) is 5.82 Å². The van der Waals surface area contributed by atoms with Gasteiger partial charge in [-0.15, -0.1) is 0 Å². The molecule has 8 aromatic carbocycles. The van der Waals surface area contributed by atoms with E-state index in [-0.39, 0.29) is 0 Å². The molecule has 0 N–H and O–H groups in total. The van der Waals surface area contributed by atoms with Crippen molar-refractivity contribution < 1.29 is 4.42 Å². The minimum atomic E-state index is 0.651. The number of imidazole rings is 1. The fourth-order valence-corrected chi connectivity index (χ4v) is 9.20. The maximum atomic E-state index is 6.46. The fraction of sp³-hybridized carbons (Fsp3) is 0. The molecule has 0 fully saturated rings. The second-order valence-corrected chi connectivity index (χ2v) is 15.2. The van der Waals surface area contributed by atoms with E-state index >= 15 is 0 Å². The Hall–Kier alpha value is -8.09. The SMILES string of the molecule is c1ccc(-c2nc(-c3ccc4oc5ccc(-c6ccc7c(c6)c6ccccc6n7-c6ccccc6)cc5c4c3)nc3c4ccccc4c4nc5ccccc5n4c23)cc1. The van der Waals surface area contributed by atoms with Crippen LogP contribution in [0.5, 0.6) is 0 Å². The van der Waals surface area contributed by atoms with Gasteiger partial charge in [0.25, 0.3) is 0 Å². The normalized spacial score (nSPS) is 12.1. The van der Waals surface area contributed by atoms with Crippen LogP contribution < -0.4 is 0 Å². The smallest absolute Gasteiger partial charge is 0.160 e. The molecule has 5 aromatic heterocycles. The van der Waals surface area contributed by atoms with Crippen LogP contribution in [0.25, 0.3) is 122 Å². The highest BCUT2D eigenvalue weighted by Gasteiger charge is 2.22. The Morgan fingerprint density at radius 3 is 1.78 bits per heavy atom. The number of furan rings is 1. The summed E-state index contributed by atoms with van der Waals surface area (Å²) >= 11 is 0. The first-order chi connectivity index (χ1) is 29.2. The minimum absolute atomic E-state index is 0.651. The van der Waals surface area contributed by atoms with Gasteiger partial charge in [-0.05, 0) is 83.9 Å². The highest BCUT2D eigenvalue weighted by Crippen LogP contribution is 2.40. The standard InChI is InChI=1S/C53H31N5O/c1-3-13-32(14-4-1)49-51-50(38-18-7-8-19-39(38)53-54-43-20-10-12-22-46(43)58(51)53)56-52(55-49)35-25-28-48-42(31-35)41-30-34(24-27-47(41)59-48)33-23-26-45-40(29-33)37-17-9-11-21-44(37)57(45)36-15-5-2-6-16-36/h1-31H. The molecule has 0 aliphatic heterocycles. The van der Waals surface area contributed by atoms with Crippen LogP contribution in [0.3, 0.4) is 0 Å². The van der Waals surface area contributed by atoms with Crippen LogP contribution in [0.4, 0.5) is 0 Å². The third-order valence-electron chi connectivity index (χ3n) is 11.9. The molecule has 13 rings (SSSR count). The summed E-state index contributed by atoms with van der Waals surface area (Å²) in [6, 6.07) is 66.0. The number of hydrogen-bond donors (Lipinski definition) is 0. The highest BCUT2D eigenvalue weighted by molar-refractivity contribution is 6.16. The molecule has 13 aromatic rings. The molecule has 0 aliphatic rings. The Morgan fingerprint density at radius 1 is 0.390 bits per heavy atom. The lowest BCUT2D eigenvalue weighted by Gasteiger charge is -2.14. The molecule has 274 valence electrons. The summed E-state index contributed by atoms with van der Waals surface area (Å²) in [4.78, 5) is 16.0. The molecule has 0 unspecified atom stereocenters. The van der Waals surface area contributed by atoms with Gasteiger partial charge < -0.3 is 8.98 Å². The molecule has 0 amide bonds. The van der Waals surface area contributed by atoms with E-state index in [2.05, 4.69) is 185 Å². The molecule has 0 aliphatic carbocycles. The Balaban J connectivity index is 1.02. The highest BCUT2D eigenvalue weighted by atomic mass is 16.3. The third kappa shape index (κ3) is 4.71. The molecule has 59 heavy (non-hydrogen) atoms. The molecule has 0 saturated heterocycles. The zero-order chi connectivity index (χ0) is 38.6. The Kier molecular flexibility index (Phi) is 6.63. The van der Waals surface area contributed by atoms with Gasteiger partial charge in [-0.3, -0.25) is 4.40 Å². The summed E-state index contributed by atoms with van der Waals surface area (Å²) in [5, 5.41) is 6.60. The van der Waals surface area contributed by atoms with Gasteiger partial charge in [-0.1, -0.05) is 115 Å². The van der Waals surface area contributed by atoms with E-state index in [0.29, 0.717) is 5.82 Å². The zero-order valence-electron chi connectivity index (χ0n) is 31.5. The van der Waals surface area contributed by atoms with Gasteiger partial charge in [-0.25, -0.2) is 15.0 Å². The van der Waals surface area contributed by atoms with E-state index in [1.807, 2.05) is 12.1 Å². The van der Waals surface area contributed by atoms with Gasteiger partial charge in [-0.2, -0.15) is 0 Å². The second kappa shape index (κ2) is 12.2. The molecule has 0 atom stereocenters. The molecule has 0 radical (unpaired) electrons. The topological polar surface area (TPSA) is 61.2 Å². The summed E-state index contributed by atoms with van der Waals surface area (Å²) in [6.45, 7) is 0. The summed E-state index contributed by atoms with van der Waals surface area (Å²) in [5.74, 6) is 0.651. The predicted molar refractivity (Wildman–Crippen MR) is 241 cm³/mol. The average Bonchev–Trinajstić information content (AvgIpc) is 3.98. The van der Waals surface area contributed by atoms with Crippen LogP contribution in [0.15, 0.2) is 192 Å². The number of benzene rings is 8. The van der Waals surface area contributed by atoms with Crippen LogP contribution in [-0.4, -0.2) is 23.9 Å². The van der Waals surface area contributed by atoms with Crippen LogP contribution in [0.1, 0.15) is 0 Å². The zero-order valence-corrected chi connectivity index (χ0v) is 31.5. The van der Waals surface area contributed by atoms with Crippen LogP contribution in [0, 0.1) is 0 Å². The van der Waals surface area contributed by atoms with Crippen molar-refractivity contribution in [1.82, 2.24) is 23.9 Å². The van der Waals surface area contributed by atoms with Gasteiger partial charge in [0.1, 0.15) is 22.3 Å². The van der Waals surface area contributed by atoms with Crippen LogP contribution >= 0.6 is 0 Å². The molecule has 6 nitrogen and oxygen atoms in total. The van der Waals surface area contributed by atoms with E-state index < -0.39 is 0 Å². The van der Waals surface area contributed by atoms with Gasteiger partial charge in [0.05, 0.1) is 33.3 Å². The number of pyridine rings is 1. The largest absolute Gasteiger partial charge is 0.456 e. The molecule has 0 spiro atoms. The van der Waals surface area contributed by atoms with Crippen molar-refractivity contribution in [1.29, 1.82) is 0 Å². The third-order valence-corrected chi connectivity index (χ3v) is 11.9. The summed E-state index contributed by atoms with van der Waals surface area (Å²) in [7, 11) is 0. The van der Waals surface area contributed by atoms with E-state index in [0.717, 1.165) is 94.1 Å². The second-order valence-electron chi connectivity index (χ2n) is 15.2. The molecule has 6 heteroatoms. The number of nitrogens with zero attached hydrogens (tertiary/aromatic N) is 5. The Labute approximate surface area is 336 Å². The van der Waals surface area contributed by atoms with Gasteiger partial charge in [0.2, 0.25) is 0 Å². The van der Waals surface area contributed by atoms with Gasteiger partial charge in [0, 0.05) is 49.1 Å². The van der Waals surface area contributed by atoms with E-state index in [1.54, 1.807) is 0 Å². The maximum absolute atomic E-state index is 6.46. The van der Waals surface area contributed by atoms with Crippen molar-refractivity contribution in [3.63, 3.8) is 0 Å². The van der Waals surface area contributed by atoms with Crippen molar-refractivity contribution in [3.8, 4) is 39.5 Å². The molecule has 0 saturated carbocycles. The first kappa shape index (κ1) is 32.0. The van der Waals surface area contributed by atoms with Crippen LogP contribution in [0.2, 0.25) is 0 Å². The van der Waals surface area contributed by atoms with Crippen molar-refractivity contribution in [2.75, 3.05) is 0 Å². The maximum Gasteiger partial charge on any atom is 0.160 e. The molecular weight excluding hydrogens is 723 g/mol. The number of rotatable bonds is 4. The van der Waals surface area contributed by atoms with Crippen molar-refractivity contribution in [2.24, 2.45) is 0 Å². The van der Waals surface area contributed by atoms with E-state index in [1.165, 1.54) is 21.8 Å². The first-order valence-corrected chi connectivity index (χ1v) is 19.9. The molecular formula is C53H31N5O. The number of fused-ring (bicyclic) bond motifs is 14.